The predicted octanol–water partition coefficient (Wildman–Crippen LogP) is 3.52. The molecule has 0 atom stereocenters. The fourth-order valence-corrected chi connectivity index (χ4v) is 2.01. The maximum atomic E-state index is 13.5. The Morgan fingerprint density at radius 3 is 2.78 bits per heavy atom. The summed E-state index contributed by atoms with van der Waals surface area (Å²) >= 11 is 5.06. The van der Waals surface area contributed by atoms with Crippen molar-refractivity contribution in [1.29, 1.82) is 0 Å². The summed E-state index contributed by atoms with van der Waals surface area (Å²) in [6.07, 6.45) is 1.64. The highest BCUT2D eigenvalue weighted by molar-refractivity contribution is 7.80. The Hall–Kier alpha value is -2.73. The number of hydrogen-bond acceptors (Lipinski definition) is 3. The molecule has 1 amide bonds. The summed E-state index contributed by atoms with van der Waals surface area (Å²) in [6.45, 7) is 3.96. The summed E-state index contributed by atoms with van der Waals surface area (Å²) in [5.74, 6) is -0.578. The van der Waals surface area contributed by atoms with Crippen molar-refractivity contribution in [3.8, 4) is 5.75 Å². The quantitative estimate of drug-likeness (QED) is 0.651. The molecule has 0 saturated heterocycles. The minimum atomic E-state index is -0.611. The molecule has 2 N–H and O–H groups in total. The average molecular weight is 330 g/mol. The lowest BCUT2D eigenvalue weighted by atomic mass is 10.2. The monoisotopic (exact) mass is 330 g/mol. The molecular formula is C17H15FN2O2S. The number of benzene rings is 2. The van der Waals surface area contributed by atoms with E-state index in [-0.39, 0.29) is 10.7 Å². The molecule has 0 saturated carbocycles. The van der Waals surface area contributed by atoms with E-state index in [0.29, 0.717) is 18.0 Å². The van der Waals surface area contributed by atoms with Gasteiger partial charge in [-0.05, 0) is 36.5 Å². The molecule has 0 aliphatic heterocycles. The number of ether oxygens (including phenoxy) is 1. The summed E-state index contributed by atoms with van der Waals surface area (Å²) in [4.78, 5) is 12.0. The second kappa shape index (κ2) is 8.05. The van der Waals surface area contributed by atoms with E-state index in [2.05, 4.69) is 17.2 Å². The third kappa shape index (κ3) is 4.89. The van der Waals surface area contributed by atoms with E-state index in [4.69, 9.17) is 17.0 Å². The van der Waals surface area contributed by atoms with Gasteiger partial charge in [-0.2, -0.15) is 0 Å². The highest BCUT2D eigenvalue weighted by Crippen LogP contribution is 2.17. The molecule has 4 nitrogen and oxygen atoms in total. The molecule has 2 aromatic rings. The second-order valence-corrected chi connectivity index (χ2v) is 4.92. The lowest BCUT2D eigenvalue weighted by molar-refractivity contribution is 0.0974. The number of carbonyl (C=O) groups excluding carboxylic acids is 1. The predicted molar refractivity (Wildman–Crippen MR) is 92.2 cm³/mol. The Morgan fingerprint density at radius 2 is 2.04 bits per heavy atom. The number of carbonyl (C=O) groups is 1. The third-order valence-electron chi connectivity index (χ3n) is 2.81. The van der Waals surface area contributed by atoms with Crippen LogP contribution >= 0.6 is 12.2 Å². The van der Waals surface area contributed by atoms with Gasteiger partial charge >= 0.3 is 0 Å². The van der Waals surface area contributed by atoms with E-state index in [9.17, 15) is 9.18 Å². The van der Waals surface area contributed by atoms with Crippen LogP contribution in [-0.4, -0.2) is 17.6 Å². The van der Waals surface area contributed by atoms with Crippen LogP contribution in [0.25, 0.3) is 0 Å². The van der Waals surface area contributed by atoms with E-state index in [0.717, 1.165) is 0 Å². The Morgan fingerprint density at radius 1 is 1.26 bits per heavy atom. The van der Waals surface area contributed by atoms with E-state index >= 15 is 0 Å². The highest BCUT2D eigenvalue weighted by Gasteiger charge is 2.12. The van der Waals surface area contributed by atoms with Gasteiger partial charge in [-0.25, -0.2) is 4.39 Å². The maximum Gasteiger partial charge on any atom is 0.260 e. The zero-order valence-electron chi connectivity index (χ0n) is 12.2. The molecule has 0 aromatic heterocycles. The molecule has 0 aliphatic rings. The summed E-state index contributed by atoms with van der Waals surface area (Å²) < 4.78 is 18.9. The Bertz CT molecular complexity index is 734. The van der Waals surface area contributed by atoms with Gasteiger partial charge in [-0.15, -0.1) is 0 Å². The SMILES string of the molecule is C=CCOc1cccc(NC(=S)NC(=O)c2ccccc2F)c1. The fraction of sp³-hybridized carbons (Fsp3) is 0.0588. The van der Waals surface area contributed by atoms with Gasteiger partial charge in [0.15, 0.2) is 5.11 Å². The molecule has 0 unspecified atom stereocenters. The summed E-state index contributed by atoms with van der Waals surface area (Å²) in [7, 11) is 0. The highest BCUT2D eigenvalue weighted by atomic mass is 32.1. The zero-order chi connectivity index (χ0) is 16.7. The van der Waals surface area contributed by atoms with Crippen LogP contribution < -0.4 is 15.4 Å². The van der Waals surface area contributed by atoms with Crippen LogP contribution in [0.5, 0.6) is 5.75 Å². The third-order valence-corrected chi connectivity index (χ3v) is 3.01. The normalized spacial score (nSPS) is 9.78. The van der Waals surface area contributed by atoms with Gasteiger partial charge in [0, 0.05) is 11.8 Å². The largest absolute Gasteiger partial charge is 0.489 e. The molecule has 0 bridgehead atoms. The van der Waals surface area contributed by atoms with Crippen molar-refractivity contribution >= 4 is 28.9 Å². The van der Waals surface area contributed by atoms with Gasteiger partial charge in [0.2, 0.25) is 0 Å². The van der Waals surface area contributed by atoms with E-state index in [1.54, 1.807) is 36.4 Å². The van der Waals surface area contributed by atoms with Crippen molar-refractivity contribution in [2.75, 3.05) is 11.9 Å². The number of amides is 1. The average Bonchev–Trinajstić information content (AvgIpc) is 2.53. The molecule has 0 radical (unpaired) electrons. The van der Waals surface area contributed by atoms with Crippen LogP contribution in [0.4, 0.5) is 10.1 Å². The standard InChI is InChI=1S/C17H15FN2O2S/c1-2-10-22-13-7-5-6-12(11-13)19-17(23)20-16(21)14-8-3-4-9-15(14)18/h2-9,11H,1,10H2,(H2,19,20,21,23). The first-order valence-electron chi connectivity index (χ1n) is 6.81. The van der Waals surface area contributed by atoms with Gasteiger partial charge in [0.05, 0.1) is 5.56 Å². The van der Waals surface area contributed by atoms with Crippen molar-refractivity contribution in [3.05, 3.63) is 72.6 Å². The first-order valence-corrected chi connectivity index (χ1v) is 7.21. The van der Waals surface area contributed by atoms with E-state index in [1.807, 2.05) is 0 Å². The molecule has 0 heterocycles. The lowest BCUT2D eigenvalue weighted by Crippen LogP contribution is -2.34. The van der Waals surface area contributed by atoms with Crippen LogP contribution in [0.3, 0.4) is 0 Å². The van der Waals surface area contributed by atoms with Gasteiger partial charge in [0.25, 0.3) is 5.91 Å². The molecule has 0 aliphatic carbocycles. The molecule has 2 rings (SSSR count). The lowest BCUT2D eigenvalue weighted by Gasteiger charge is -2.11. The smallest absolute Gasteiger partial charge is 0.260 e. The molecule has 2 aromatic carbocycles. The number of thiocarbonyl (C=S) groups is 1. The van der Waals surface area contributed by atoms with Crippen LogP contribution in [0.2, 0.25) is 0 Å². The zero-order valence-corrected chi connectivity index (χ0v) is 13.0. The van der Waals surface area contributed by atoms with Crippen LogP contribution in [0, 0.1) is 5.82 Å². The number of nitrogens with one attached hydrogen (secondary N) is 2. The van der Waals surface area contributed by atoms with Crippen molar-refractivity contribution in [2.45, 2.75) is 0 Å². The number of halogens is 1. The van der Waals surface area contributed by atoms with Gasteiger partial charge in [0.1, 0.15) is 18.2 Å². The van der Waals surface area contributed by atoms with Crippen molar-refractivity contribution < 1.29 is 13.9 Å². The van der Waals surface area contributed by atoms with Crippen LogP contribution in [0.1, 0.15) is 10.4 Å². The van der Waals surface area contributed by atoms with Gasteiger partial charge in [-0.3, -0.25) is 10.1 Å². The van der Waals surface area contributed by atoms with Crippen LogP contribution in [0.15, 0.2) is 61.2 Å². The van der Waals surface area contributed by atoms with Gasteiger partial charge < -0.3 is 10.1 Å². The second-order valence-electron chi connectivity index (χ2n) is 4.52. The fourth-order valence-electron chi connectivity index (χ4n) is 1.80. The molecule has 0 spiro atoms. The Kier molecular flexibility index (Phi) is 5.82. The Balaban J connectivity index is 1.98. The minimum Gasteiger partial charge on any atom is -0.489 e. The van der Waals surface area contributed by atoms with Crippen LogP contribution in [-0.2, 0) is 0 Å². The number of hydrogen-bond donors (Lipinski definition) is 2. The molecule has 23 heavy (non-hydrogen) atoms. The van der Waals surface area contributed by atoms with Crippen molar-refractivity contribution in [1.82, 2.24) is 5.32 Å². The summed E-state index contributed by atoms with van der Waals surface area (Å²) in [5.41, 5.74) is 0.574. The Labute approximate surface area is 139 Å². The molecular weight excluding hydrogens is 315 g/mol. The first kappa shape index (κ1) is 16.6. The minimum absolute atomic E-state index is 0.0686. The van der Waals surface area contributed by atoms with E-state index in [1.165, 1.54) is 18.2 Å². The van der Waals surface area contributed by atoms with Crippen molar-refractivity contribution in [2.24, 2.45) is 0 Å². The summed E-state index contributed by atoms with van der Waals surface area (Å²) in [6, 6.07) is 12.8. The molecule has 6 heteroatoms. The van der Waals surface area contributed by atoms with Crippen molar-refractivity contribution in [3.63, 3.8) is 0 Å². The summed E-state index contributed by atoms with van der Waals surface area (Å²) in [5, 5.41) is 5.35. The molecule has 118 valence electrons. The topological polar surface area (TPSA) is 50.4 Å². The first-order chi connectivity index (χ1) is 11.1. The number of anilines is 1. The molecule has 0 fully saturated rings. The van der Waals surface area contributed by atoms with E-state index < -0.39 is 11.7 Å². The maximum absolute atomic E-state index is 13.5. The number of rotatable bonds is 5. The van der Waals surface area contributed by atoms with Gasteiger partial charge in [-0.1, -0.05) is 30.9 Å².